The number of nitrogens with zero attached hydrogens (tertiary/aromatic N) is 5. The quantitative estimate of drug-likeness (QED) is 0.469. The molecule has 3 heterocycles. The molecule has 0 unspecified atom stereocenters. The summed E-state index contributed by atoms with van der Waals surface area (Å²) in [4.78, 5) is 25.1. The Morgan fingerprint density at radius 1 is 0.895 bits per heavy atom. The molecule has 0 atom stereocenters. The van der Waals surface area contributed by atoms with E-state index in [4.69, 9.17) is 4.98 Å². The highest BCUT2D eigenvalue weighted by atomic mass is 16.2. The topological polar surface area (TPSA) is 63.5 Å². The highest BCUT2D eigenvalue weighted by Crippen LogP contribution is 2.28. The number of aromatic nitrogens is 1. The number of pyridine rings is 1. The molecule has 2 aromatic carbocycles. The number of hydrogen-bond donors (Lipinski definition) is 0. The van der Waals surface area contributed by atoms with Gasteiger partial charge in [0.1, 0.15) is 11.8 Å². The number of nitriles is 1. The van der Waals surface area contributed by atoms with Crippen LogP contribution in [0.4, 0.5) is 11.4 Å². The highest BCUT2D eigenvalue weighted by Gasteiger charge is 2.27. The summed E-state index contributed by atoms with van der Waals surface area (Å²) in [5.41, 5.74) is 8.02. The summed E-state index contributed by atoms with van der Waals surface area (Å²) >= 11 is 0. The van der Waals surface area contributed by atoms with Crippen LogP contribution in [0.1, 0.15) is 51.3 Å². The smallest absolute Gasteiger partial charge is 0.272 e. The van der Waals surface area contributed by atoms with E-state index in [1.54, 1.807) is 0 Å². The van der Waals surface area contributed by atoms with E-state index < -0.39 is 0 Å². The molecule has 1 amide bonds. The molecule has 0 aliphatic carbocycles. The van der Waals surface area contributed by atoms with Crippen LogP contribution in [0.15, 0.2) is 54.6 Å². The molecule has 3 aromatic rings. The number of anilines is 2. The first kappa shape index (κ1) is 25.8. The molecule has 2 saturated heterocycles. The number of aryl methyl sites for hydroxylation is 3. The first-order chi connectivity index (χ1) is 18.4. The lowest BCUT2D eigenvalue weighted by molar-refractivity contribution is 0.0739. The third-order valence-corrected chi connectivity index (χ3v) is 8.11. The molecule has 6 heteroatoms. The van der Waals surface area contributed by atoms with Crippen molar-refractivity contribution in [2.45, 2.75) is 40.0 Å². The van der Waals surface area contributed by atoms with Gasteiger partial charge in [0.25, 0.3) is 5.91 Å². The third kappa shape index (κ3) is 5.52. The van der Waals surface area contributed by atoms with Gasteiger partial charge in [0.05, 0.1) is 11.3 Å². The molecular weight excluding hydrogens is 470 g/mol. The van der Waals surface area contributed by atoms with Gasteiger partial charge in [-0.15, -0.1) is 0 Å². The zero-order valence-electron chi connectivity index (χ0n) is 22.8. The number of carbonyl (C=O) groups excluding carboxylic acids is 1. The van der Waals surface area contributed by atoms with Crippen molar-refractivity contribution in [2.24, 2.45) is 5.92 Å². The predicted octanol–water partition coefficient (Wildman–Crippen LogP) is 5.30. The molecule has 6 nitrogen and oxygen atoms in total. The highest BCUT2D eigenvalue weighted by molar-refractivity contribution is 5.94. The average molecular weight is 508 g/mol. The maximum Gasteiger partial charge on any atom is 0.272 e. The first-order valence-corrected chi connectivity index (χ1v) is 13.7. The van der Waals surface area contributed by atoms with Crippen molar-refractivity contribution < 1.29 is 4.79 Å². The number of rotatable bonds is 5. The molecular formula is C32H37N5O. The summed E-state index contributed by atoms with van der Waals surface area (Å²) < 4.78 is 0. The maximum absolute atomic E-state index is 13.6. The van der Waals surface area contributed by atoms with E-state index in [-0.39, 0.29) is 5.91 Å². The fourth-order valence-corrected chi connectivity index (χ4v) is 5.85. The van der Waals surface area contributed by atoms with E-state index >= 15 is 0 Å². The van der Waals surface area contributed by atoms with Gasteiger partial charge in [-0.05, 0) is 86.9 Å². The van der Waals surface area contributed by atoms with Crippen LogP contribution in [-0.4, -0.2) is 55.1 Å². The Morgan fingerprint density at radius 2 is 1.63 bits per heavy atom. The van der Waals surface area contributed by atoms with E-state index in [1.807, 2.05) is 36.1 Å². The SMILES string of the molecule is Cc1cccc(N2CCC(Cc3nc(C(=O)N4CCN(c5ccccc5C#N)CC4)c(C)cc3C)CC2)c1. The lowest BCUT2D eigenvalue weighted by Gasteiger charge is -2.36. The van der Waals surface area contributed by atoms with E-state index in [0.29, 0.717) is 43.4 Å². The van der Waals surface area contributed by atoms with Crippen molar-refractivity contribution in [1.82, 2.24) is 9.88 Å². The molecule has 0 spiro atoms. The minimum absolute atomic E-state index is 0.0197. The first-order valence-electron chi connectivity index (χ1n) is 13.7. The van der Waals surface area contributed by atoms with Gasteiger partial charge in [0.2, 0.25) is 0 Å². The minimum atomic E-state index is 0.0197. The molecule has 2 aliphatic heterocycles. The summed E-state index contributed by atoms with van der Waals surface area (Å²) in [6.07, 6.45) is 3.20. The Kier molecular flexibility index (Phi) is 7.64. The molecule has 196 valence electrons. The predicted molar refractivity (Wildman–Crippen MR) is 153 cm³/mol. The van der Waals surface area contributed by atoms with Crippen LogP contribution in [0.3, 0.4) is 0 Å². The second-order valence-corrected chi connectivity index (χ2v) is 10.8. The van der Waals surface area contributed by atoms with Gasteiger partial charge in [-0.25, -0.2) is 4.98 Å². The van der Waals surface area contributed by atoms with Crippen LogP contribution in [-0.2, 0) is 6.42 Å². The Hall–Kier alpha value is -3.85. The second kappa shape index (κ2) is 11.3. The standard InChI is InChI=1S/C32H37N5O/c1-23-7-6-9-28(19-23)35-13-11-26(12-14-35)21-29-24(2)20-25(3)31(34-29)32(38)37-17-15-36(16-18-37)30-10-5-4-8-27(30)22-33/h4-10,19-20,26H,11-18,21H2,1-3H3. The number of piperidine rings is 1. The molecule has 0 radical (unpaired) electrons. The third-order valence-electron chi connectivity index (χ3n) is 8.11. The zero-order chi connectivity index (χ0) is 26.6. The van der Waals surface area contributed by atoms with Crippen molar-refractivity contribution in [2.75, 3.05) is 49.1 Å². The Balaban J connectivity index is 1.22. The zero-order valence-corrected chi connectivity index (χ0v) is 22.8. The molecule has 2 aliphatic rings. The van der Waals surface area contributed by atoms with E-state index in [9.17, 15) is 10.1 Å². The Labute approximate surface area is 226 Å². The van der Waals surface area contributed by atoms with Crippen LogP contribution in [0.2, 0.25) is 0 Å². The van der Waals surface area contributed by atoms with Crippen LogP contribution >= 0.6 is 0 Å². The maximum atomic E-state index is 13.6. The summed E-state index contributed by atoms with van der Waals surface area (Å²) in [5, 5.41) is 9.46. The number of hydrogen-bond acceptors (Lipinski definition) is 5. The van der Waals surface area contributed by atoms with Gasteiger partial charge >= 0.3 is 0 Å². The molecule has 0 bridgehead atoms. The van der Waals surface area contributed by atoms with E-state index in [1.165, 1.54) is 16.8 Å². The summed E-state index contributed by atoms with van der Waals surface area (Å²) in [6, 6.07) is 20.9. The van der Waals surface area contributed by atoms with Gasteiger partial charge in [0, 0.05) is 50.6 Å². The van der Waals surface area contributed by atoms with Crippen LogP contribution in [0, 0.1) is 38.0 Å². The molecule has 0 saturated carbocycles. The number of carbonyl (C=O) groups is 1. The van der Waals surface area contributed by atoms with Crippen LogP contribution in [0.5, 0.6) is 0 Å². The monoisotopic (exact) mass is 507 g/mol. The van der Waals surface area contributed by atoms with E-state index in [2.05, 4.69) is 60.0 Å². The van der Waals surface area contributed by atoms with Gasteiger partial charge in [-0.3, -0.25) is 4.79 Å². The summed E-state index contributed by atoms with van der Waals surface area (Å²) in [5.74, 6) is 0.600. The van der Waals surface area contributed by atoms with Crippen LogP contribution < -0.4 is 9.80 Å². The van der Waals surface area contributed by atoms with Crippen LogP contribution in [0.25, 0.3) is 0 Å². The average Bonchev–Trinajstić information content (AvgIpc) is 2.94. The number of benzene rings is 2. The van der Waals surface area contributed by atoms with Gasteiger partial charge in [-0.1, -0.05) is 30.3 Å². The van der Waals surface area contributed by atoms with Gasteiger partial charge < -0.3 is 14.7 Å². The van der Waals surface area contributed by atoms with Crippen molar-refractivity contribution in [3.63, 3.8) is 0 Å². The summed E-state index contributed by atoms with van der Waals surface area (Å²) in [6.45, 7) is 11.1. The normalized spacial score (nSPS) is 16.4. The largest absolute Gasteiger partial charge is 0.372 e. The number of para-hydroxylation sites is 1. The molecule has 2 fully saturated rings. The molecule has 1 aromatic heterocycles. The van der Waals surface area contributed by atoms with E-state index in [0.717, 1.165) is 49.3 Å². The van der Waals surface area contributed by atoms with Gasteiger partial charge in [-0.2, -0.15) is 5.26 Å². The Bertz CT molecular complexity index is 1340. The van der Waals surface area contributed by atoms with Crippen molar-refractivity contribution in [3.05, 3.63) is 88.2 Å². The lowest BCUT2D eigenvalue weighted by Crippen LogP contribution is -2.49. The molecule has 38 heavy (non-hydrogen) atoms. The van der Waals surface area contributed by atoms with Crippen molar-refractivity contribution in [3.8, 4) is 6.07 Å². The fourth-order valence-electron chi connectivity index (χ4n) is 5.85. The molecule has 5 rings (SSSR count). The fraction of sp³-hybridized carbons (Fsp3) is 0.406. The lowest BCUT2D eigenvalue weighted by atomic mass is 9.90. The number of piperazine rings is 1. The minimum Gasteiger partial charge on any atom is -0.372 e. The molecule has 0 N–H and O–H groups in total. The number of amides is 1. The summed E-state index contributed by atoms with van der Waals surface area (Å²) in [7, 11) is 0. The van der Waals surface area contributed by atoms with Crippen molar-refractivity contribution >= 4 is 17.3 Å². The van der Waals surface area contributed by atoms with Crippen molar-refractivity contribution in [1.29, 1.82) is 5.26 Å². The Morgan fingerprint density at radius 3 is 2.34 bits per heavy atom. The van der Waals surface area contributed by atoms with Gasteiger partial charge in [0.15, 0.2) is 0 Å². The second-order valence-electron chi connectivity index (χ2n) is 10.8.